The Morgan fingerprint density at radius 1 is 0.767 bits per heavy atom. The van der Waals surface area contributed by atoms with Crippen LogP contribution in [0, 0.1) is 0 Å². The molecule has 0 amide bonds. The van der Waals surface area contributed by atoms with Crippen molar-refractivity contribution in [3.8, 4) is 0 Å². The third kappa shape index (κ3) is 13.4. The molecule has 1 atom stereocenters. The highest BCUT2D eigenvalue weighted by atomic mass is 16.5. The molecule has 1 aromatic carbocycles. The highest BCUT2D eigenvalue weighted by molar-refractivity contribution is 5.72. The summed E-state index contributed by atoms with van der Waals surface area (Å²) in [5.74, 6) is -0.173. The van der Waals surface area contributed by atoms with Crippen LogP contribution in [0.25, 0.3) is 0 Å². The molecule has 0 radical (unpaired) electrons. The van der Waals surface area contributed by atoms with Gasteiger partial charge in [0.05, 0.1) is 13.2 Å². The maximum Gasteiger partial charge on any atom is 0.305 e. The van der Waals surface area contributed by atoms with E-state index in [-0.39, 0.29) is 24.8 Å². The third-order valence-corrected chi connectivity index (χ3v) is 5.19. The molecule has 0 aliphatic heterocycles. The first-order valence-electron chi connectivity index (χ1n) is 11.5. The van der Waals surface area contributed by atoms with E-state index in [0.29, 0.717) is 32.2 Å². The van der Waals surface area contributed by atoms with Gasteiger partial charge in [-0.25, -0.2) is 0 Å². The molecule has 1 unspecified atom stereocenters. The number of hydrogen-bond acceptors (Lipinski definition) is 5. The van der Waals surface area contributed by atoms with Crippen molar-refractivity contribution in [2.24, 2.45) is 0 Å². The van der Waals surface area contributed by atoms with Crippen molar-refractivity contribution in [1.29, 1.82) is 0 Å². The molecule has 0 saturated heterocycles. The van der Waals surface area contributed by atoms with E-state index < -0.39 is 0 Å². The third-order valence-electron chi connectivity index (χ3n) is 5.19. The Kier molecular flexibility index (Phi) is 15.6. The maximum absolute atomic E-state index is 11.9. The largest absolute Gasteiger partial charge is 0.466 e. The molecular formula is C25H40O5. The first-order valence-corrected chi connectivity index (χ1v) is 11.5. The first-order chi connectivity index (χ1) is 14.7. The lowest BCUT2D eigenvalue weighted by Gasteiger charge is -2.17. The Balaban J connectivity index is 2.11. The number of rotatable bonds is 18. The number of ether oxygens (including phenoxy) is 3. The Morgan fingerprint density at radius 2 is 1.37 bits per heavy atom. The Bertz CT molecular complexity index is 558. The van der Waals surface area contributed by atoms with Crippen LogP contribution in [-0.2, 0) is 23.8 Å². The topological polar surface area (TPSA) is 61.8 Å². The lowest BCUT2D eigenvalue weighted by atomic mass is 9.93. The fourth-order valence-electron chi connectivity index (χ4n) is 3.37. The summed E-state index contributed by atoms with van der Waals surface area (Å²) in [4.78, 5) is 23.7. The summed E-state index contributed by atoms with van der Waals surface area (Å²) in [7, 11) is 1.70. The van der Waals surface area contributed by atoms with Crippen molar-refractivity contribution in [3.63, 3.8) is 0 Å². The monoisotopic (exact) mass is 420 g/mol. The molecular weight excluding hydrogens is 380 g/mol. The van der Waals surface area contributed by atoms with Crippen molar-refractivity contribution < 1.29 is 23.8 Å². The zero-order chi connectivity index (χ0) is 21.9. The summed E-state index contributed by atoms with van der Waals surface area (Å²) in [6, 6.07) is 10.2. The molecule has 0 heterocycles. The van der Waals surface area contributed by atoms with E-state index in [1.807, 2.05) is 18.2 Å². The van der Waals surface area contributed by atoms with Crippen molar-refractivity contribution in [1.82, 2.24) is 0 Å². The number of carbonyl (C=O) groups is 2. The number of unbranched alkanes of at least 4 members (excludes halogenated alkanes) is 5. The molecule has 0 aromatic heterocycles. The highest BCUT2D eigenvalue weighted by Crippen LogP contribution is 2.23. The minimum atomic E-state index is -0.253. The van der Waals surface area contributed by atoms with Crippen molar-refractivity contribution in [2.45, 2.75) is 83.5 Å². The second-order valence-electron chi connectivity index (χ2n) is 7.74. The molecule has 1 rings (SSSR count). The van der Waals surface area contributed by atoms with Crippen molar-refractivity contribution >= 4 is 11.9 Å². The minimum absolute atomic E-state index is 0.222. The molecule has 1 aromatic rings. The SMILES string of the molecule is CCCCCCCCOC(=O)CCCC(=O)OCCC(CCOC)c1ccccc1. The maximum atomic E-state index is 11.9. The molecule has 0 N–H and O–H groups in total. The van der Waals surface area contributed by atoms with Gasteiger partial charge in [0.2, 0.25) is 0 Å². The van der Waals surface area contributed by atoms with Gasteiger partial charge in [-0.1, -0.05) is 69.4 Å². The molecule has 0 aliphatic carbocycles. The van der Waals surface area contributed by atoms with Gasteiger partial charge in [-0.2, -0.15) is 0 Å². The van der Waals surface area contributed by atoms with Gasteiger partial charge >= 0.3 is 11.9 Å². The molecule has 0 aliphatic rings. The number of benzene rings is 1. The van der Waals surface area contributed by atoms with Crippen LogP contribution >= 0.6 is 0 Å². The molecule has 0 fully saturated rings. The highest BCUT2D eigenvalue weighted by Gasteiger charge is 2.13. The van der Waals surface area contributed by atoms with Gasteiger partial charge in [0.15, 0.2) is 0 Å². The fourth-order valence-corrected chi connectivity index (χ4v) is 3.37. The normalized spacial score (nSPS) is 11.8. The van der Waals surface area contributed by atoms with E-state index in [1.54, 1.807) is 7.11 Å². The van der Waals surface area contributed by atoms with Crippen molar-refractivity contribution in [3.05, 3.63) is 35.9 Å². The standard InChI is InChI=1S/C25H40O5/c1-3-4-5-6-7-11-19-29-24(26)15-12-16-25(27)30-21-18-23(17-20-28-2)22-13-9-8-10-14-22/h8-10,13-14,23H,3-7,11-12,15-21H2,1-2H3. The van der Waals surface area contributed by atoms with Crippen LogP contribution in [0.3, 0.4) is 0 Å². The Labute approximate surface area is 182 Å². The Morgan fingerprint density at radius 3 is 2.03 bits per heavy atom. The lowest BCUT2D eigenvalue weighted by Crippen LogP contribution is -2.12. The predicted octanol–water partition coefficient (Wildman–Crippen LogP) is 5.81. The van der Waals surface area contributed by atoms with Crippen LogP contribution < -0.4 is 0 Å². The van der Waals surface area contributed by atoms with Crippen LogP contribution in [0.5, 0.6) is 0 Å². The smallest absolute Gasteiger partial charge is 0.305 e. The first kappa shape index (κ1) is 26.2. The number of hydrogen-bond donors (Lipinski definition) is 0. The predicted molar refractivity (Wildman–Crippen MR) is 119 cm³/mol. The second kappa shape index (κ2) is 17.9. The average Bonchev–Trinajstić information content (AvgIpc) is 2.76. The Hall–Kier alpha value is -1.88. The van der Waals surface area contributed by atoms with E-state index >= 15 is 0 Å². The van der Waals surface area contributed by atoms with E-state index in [4.69, 9.17) is 14.2 Å². The summed E-state index contributed by atoms with van der Waals surface area (Å²) in [6.07, 6.45) is 9.64. The number of esters is 2. The summed E-state index contributed by atoms with van der Waals surface area (Å²) < 4.78 is 15.8. The lowest BCUT2D eigenvalue weighted by molar-refractivity contribution is -0.145. The average molecular weight is 421 g/mol. The fraction of sp³-hybridized carbons (Fsp3) is 0.680. The van der Waals surface area contributed by atoms with Gasteiger partial charge in [0.25, 0.3) is 0 Å². The van der Waals surface area contributed by atoms with Gasteiger partial charge in [0, 0.05) is 26.6 Å². The summed E-state index contributed by atoms with van der Waals surface area (Å²) in [5, 5.41) is 0. The van der Waals surface area contributed by atoms with Gasteiger partial charge in [-0.3, -0.25) is 9.59 Å². The van der Waals surface area contributed by atoms with Crippen molar-refractivity contribution in [2.75, 3.05) is 26.9 Å². The number of methoxy groups -OCH3 is 1. The molecule has 0 spiro atoms. The van der Waals surface area contributed by atoms with Gasteiger partial charge in [-0.05, 0) is 37.2 Å². The molecule has 5 nitrogen and oxygen atoms in total. The summed E-state index contributed by atoms with van der Waals surface area (Å²) in [6.45, 7) is 3.73. The molecule has 30 heavy (non-hydrogen) atoms. The summed E-state index contributed by atoms with van der Waals surface area (Å²) in [5.41, 5.74) is 1.23. The number of carbonyl (C=O) groups excluding carboxylic acids is 2. The van der Waals surface area contributed by atoms with Crippen LogP contribution in [0.4, 0.5) is 0 Å². The van der Waals surface area contributed by atoms with Crippen LogP contribution in [-0.4, -0.2) is 38.9 Å². The van der Waals surface area contributed by atoms with Gasteiger partial charge < -0.3 is 14.2 Å². The summed E-state index contributed by atoms with van der Waals surface area (Å²) >= 11 is 0. The molecule has 0 bridgehead atoms. The van der Waals surface area contributed by atoms with E-state index in [0.717, 1.165) is 25.7 Å². The van der Waals surface area contributed by atoms with Gasteiger partial charge in [0.1, 0.15) is 0 Å². The van der Waals surface area contributed by atoms with Crippen LogP contribution in [0.15, 0.2) is 30.3 Å². The minimum Gasteiger partial charge on any atom is -0.466 e. The van der Waals surface area contributed by atoms with E-state index in [1.165, 1.54) is 31.2 Å². The zero-order valence-electron chi connectivity index (χ0n) is 18.9. The quantitative estimate of drug-likeness (QED) is 0.221. The second-order valence-corrected chi connectivity index (χ2v) is 7.74. The molecule has 5 heteroatoms. The van der Waals surface area contributed by atoms with Gasteiger partial charge in [-0.15, -0.1) is 0 Å². The van der Waals surface area contributed by atoms with Crippen LogP contribution in [0.1, 0.15) is 89.0 Å². The molecule has 170 valence electrons. The van der Waals surface area contributed by atoms with E-state index in [2.05, 4.69) is 19.1 Å². The zero-order valence-corrected chi connectivity index (χ0v) is 18.9. The molecule has 0 saturated carbocycles. The van der Waals surface area contributed by atoms with Crippen LogP contribution in [0.2, 0.25) is 0 Å². The van der Waals surface area contributed by atoms with E-state index in [9.17, 15) is 9.59 Å².